The summed E-state index contributed by atoms with van der Waals surface area (Å²) in [6.07, 6.45) is 30.7. The number of nitrogens with one attached hydrogen (secondary N) is 9. The molecule has 10 aliphatic rings. The highest BCUT2D eigenvalue weighted by atomic mass is 19.4. The lowest BCUT2D eigenvalue weighted by molar-refractivity contribution is -0.873. The summed E-state index contributed by atoms with van der Waals surface area (Å²) in [7, 11) is 38.5. The molecule has 14 heteroatoms. The number of aromatic nitrogens is 1. The fourth-order valence-electron chi connectivity index (χ4n) is 19.2. The summed E-state index contributed by atoms with van der Waals surface area (Å²) in [6.45, 7) is 22.1. The lowest BCUT2D eigenvalue weighted by Crippen LogP contribution is -3.09. The Morgan fingerprint density at radius 1 is 0.396 bits per heavy atom. The maximum atomic E-state index is 12.8. The van der Waals surface area contributed by atoms with Gasteiger partial charge in [0, 0.05) is 137 Å². The SMILES string of the molecule is [CH2-][NH+]1CCCC1C(C)C.[CH2-][NH+]1CCCC1C1CCCCC1.[CH2-][NH+]1CCCC1CC(C)C.[CH2-][NH+]1CCCC1Cc1ccccc1.[CH2-][NH+]1CCCC1c1ccc(C)cc1.[CH2-][NH+]1CCCC1c1ccc(OC)cc1.[CH2-][NH+]1CCCC1c1ccccc1.[CH2-][NH+]1CCCC1c1ccccc1C(F)(F)F.[CH2-][NH+]1CCCC1c1ccccn1. The highest BCUT2D eigenvalue weighted by Gasteiger charge is 2.38. The molecule has 1 saturated carbocycles. The number of alkyl halides is 3. The van der Waals surface area contributed by atoms with Gasteiger partial charge in [-0.1, -0.05) is 162 Å². The number of rotatable bonds is 12. The van der Waals surface area contributed by atoms with Crippen molar-refractivity contribution in [3.05, 3.63) is 266 Å². The first kappa shape index (κ1) is 91.0. The second-order valence-corrected chi connectivity index (χ2v) is 34.7. The summed E-state index contributed by atoms with van der Waals surface area (Å²) in [5.74, 6) is 3.62. The summed E-state index contributed by atoms with van der Waals surface area (Å²) in [6, 6.07) is 56.3. The fraction of sp³-hybridized carbons (Fsp3) is 0.546. The molecule has 1 aliphatic carbocycles. The monoisotopic (exact) mass is 1530 g/mol. The Bertz CT molecular complexity index is 3360. The van der Waals surface area contributed by atoms with Crippen molar-refractivity contribution in [3.63, 3.8) is 0 Å². The number of hydrogen-bond donors (Lipinski definition) is 9. The van der Waals surface area contributed by atoms with Crippen LogP contribution in [0.15, 0.2) is 158 Å². The van der Waals surface area contributed by atoms with Gasteiger partial charge in [0.1, 0.15) is 11.8 Å². The molecule has 616 valence electrons. The van der Waals surface area contributed by atoms with E-state index in [2.05, 4.69) is 206 Å². The van der Waals surface area contributed by atoms with Gasteiger partial charge in [0.25, 0.3) is 0 Å². The van der Waals surface area contributed by atoms with Crippen molar-refractivity contribution in [3.8, 4) is 5.75 Å². The van der Waals surface area contributed by atoms with Crippen LogP contribution in [-0.2, 0) is 12.6 Å². The minimum atomic E-state index is -4.26. The van der Waals surface area contributed by atoms with Gasteiger partial charge in [0.2, 0.25) is 0 Å². The summed E-state index contributed by atoms with van der Waals surface area (Å²) >= 11 is 0. The van der Waals surface area contributed by atoms with Gasteiger partial charge in [-0.05, 0) is 106 Å². The first-order valence-electron chi connectivity index (χ1n) is 43.4. The van der Waals surface area contributed by atoms with E-state index in [0.29, 0.717) is 29.7 Å². The van der Waals surface area contributed by atoms with E-state index in [1.165, 1.54) is 274 Å². The van der Waals surface area contributed by atoms with Crippen LogP contribution in [0.2, 0.25) is 0 Å². The van der Waals surface area contributed by atoms with Gasteiger partial charge < -0.3 is 48.8 Å². The quantitative estimate of drug-likeness (QED) is 0.0574. The Balaban J connectivity index is 0.000000157. The van der Waals surface area contributed by atoms with E-state index in [1.807, 2.05) is 30.5 Å². The number of benzene rings is 5. The number of nitrogens with zero attached hydrogens (tertiary/aromatic N) is 1. The molecule has 1 aromatic heterocycles. The predicted octanol–water partition coefficient (Wildman–Crippen LogP) is 10.5. The van der Waals surface area contributed by atoms with E-state index < -0.39 is 11.7 Å². The molecule has 5 aromatic carbocycles. The zero-order chi connectivity index (χ0) is 79.7. The molecule has 0 amide bonds. The first-order valence-corrected chi connectivity index (χ1v) is 43.4. The molecule has 6 aromatic rings. The van der Waals surface area contributed by atoms with Crippen LogP contribution in [0.25, 0.3) is 0 Å². The third-order valence-electron chi connectivity index (χ3n) is 25.7. The van der Waals surface area contributed by atoms with Crippen LogP contribution in [0.3, 0.4) is 0 Å². The number of pyridine rings is 1. The highest BCUT2D eigenvalue weighted by Crippen LogP contribution is 2.36. The maximum absolute atomic E-state index is 12.8. The van der Waals surface area contributed by atoms with E-state index in [-0.39, 0.29) is 6.04 Å². The van der Waals surface area contributed by atoms with E-state index in [4.69, 9.17) is 4.74 Å². The molecule has 111 heavy (non-hydrogen) atoms. The molecule has 10 heterocycles. The Labute approximate surface area is 674 Å². The fourth-order valence-corrected chi connectivity index (χ4v) is 19.2. The molecular formula is C97H151F3N10O. The van der Waals surface area contributed by atoms with Crippen LogP contribution in [0.4, 0.5) is 13.2 Å². The van der Waals surface area contributed by atoms with Gasteiger partial charge in [-0.25, -0.2) is 0 Å². The number of methoxy groups -OCH3 is 1. The molecule has 9 saturated heterocycles. The zero-order valence-electron chi connectivity index (χ0n) is 69.8. The number of halogens is 3. The standard InChI is InChI=1S/C12H14F3N.C12H17NO.2C12H17N.C11H21N.C11H15N.C10H14N2.C9H19N.C8H17N/c1-16-8-4-7-11(16)9-5-2-3-6-10(9)12(13,14)15;1-13-9-3-4-12(13)10-5-7-11(14-2)8-6-10;1-10-5-7-11(8-6-10)12-4-3-9-13(12)2;1-13-9-5-8-12(13)10-11-6-3-2-4-7-11;2*1-12-9-5-8-11(12)10-6-3-2-4-7-10;1-12-8-4-6-10(12)9-5-2-3-7-11-9;1-8(2)7-9-5-4-6-10(9)3;1-7(2)8-5-4-6-9(8)3/h2-3,5-6,11,16H,1,4,7-8H2;5-8,12-13H,1,3-4,9H2,2H3;5-8,12-13H,2-4,9H2,1H3;2-4,6-7,12-13H,1,5,8-10H2;10-12H,1-9H2;2-4,6-7,11-12H,1,5,8-9H2;2-3,5,7,10,12H,1,4,6,8H2;8-10H,3-7H2,1-2H3;7-9H,3-6H2,1-2H3. The number of ether oxygens (including phenoxy) is 1. The third-order valence-corrected chi connectivity index (χ3v) is 25.7. The Morgan fingerprint density at radius 2 is 0.820 bits per heavy atom. The first-order chi connectivity index (χ1) is 53.5. The largest absolute Gasteiger partial charge is 0.497 e. The van der Waals surface area contributed by atoms with Gasteiger partial charge in [0.15, 0.2) is 0 Å². The van der Waals surface area contributed by atoms with Crippen LogP contribution in [-0.4, -0.2) is 95.2 Å². The average molecular weight is 1530 g/mol. The van der Waals surface area contributed by atoms with Crippen molar-refractivity contribution in [2.45, 2.75) is 256 Å². The van der Waals surface area contributed by atoms with Crippen LogP contribution >= 0.6 is 0 Å². The lowest BCUT2D eigenvalue weighted by atomic mass is 9.83. The molecule has 10 fully saturated rings. The number of aryl methyl sites for hydroxylation is 1. The molecule has 11 nitrogen and oxygen atoms in total. The van der Waals surface area contributed by atoms with Gasteiger partial charge in [-0.15, -0.1) is 0 Å². The Hall–Kier alpha value is -5.52. The van der Waals surface area contributed by atoms with Crippen molar-refractivity contribution >= 4 is 0 Å². The topological polar surface area (TPSA) is 62.1 Å². The minimum Gasteiger partial charge on any atom is -0.497 e. The summed E-state index contributed by atoms with van der Waals surface area (Å²) in [5, 5.41) is 0. The second-order valence-electron chi connectivity index (χ2n) is 34.7. The van der Waals surface area contributed by atoms with Gasteiger partial charge in [0.05, 0.1) is 126 Å². The molecule has 0 radical (unpaired) electrons. The van der Waals surface area contributed by atoms with Gasteiger partial charge in [-0.3, -0.25) is 4.98 Å². The molecule has 16 rings (SSSR count). The van der Waals surface area contributed by atoms with Crippen LogP contribution in [0, 0.1) is 88.1 Å². The van der Waals surface area contributed by atoms with E-state index in [9.17, 15) is 13.2 Å². The smallest absolute Gasteiger partial charge is 0.416 e. The number of quaternary nitrogens is 9. The molecule has 18 atom stereocenters. The second kappa shape index (κ2) is 48.1. The Morgan fingerprint density at radius 3 is 1.24 bits per heavy atom. The molecule has 18 unspecified atom stereocenters. The van der Waals surface area contributed by atoms with Crippen molar-refractivity contribution in [1.29, 1.82) is 0 Å². The van der Waals surface area contributed by atoms with Gasteiger partial charge in [-0.2, -0.15) is 76.6 Å². The van der Waals surface area contributed by atoms with E-state index in [0.717, 1.165) is 78.0 Å². The highest BCUT2D eigenvalue weighted by molar-refractivity contribution is 5.32. The molecular weight excluding hydrogens is 1380 g/mol. The summed E-state index contributed by atoms with van der Waals surface area (Å²) in [4.78, 5) is 16.9. The van der Waals surface area contributed by atoms with Crippen LogP contribution in [0.5, 0.6) is 5.75 Å². The number of likely N-dealkylation sites (tertiary alicyclic amines) is 9. The molecule has 0 bridgehead atoms. The predicted molar refractivity (Wildman–Crippen MR) is 450 cm³/mol. The number of hydrogen-bond acceptors (Lipinski definition) is 2. The Kier molecular flexibility index (Phi) is 39.5. The van der Waals surface area contributed by atoms with Crippen LogP contribution in [0.1, 0.15) is 257 Å². The van der Waals surface area contributed by atoms with Crippen molar-refractivity contribution in [2.24, 2.45) is 17.8 Å². The average Bonchev–Trinajstić information content (AvgIpc) is 1.77. The van der Waals surface area contributed by atoms with Crippen molar-refractivity contribution in [1.82, 2.24) is 4.98 Å². The molecule has 9 N–H and O–H groups in total. The van der Waals surface area contributed by atoms with Crippen molar-refractivity contribution < 1.29 is 62.0 Å². The summed E-state index contributed by atoms with van der Waals surface area (Å²) < 4.78 is 43.5. The lowest BCUT2D eigenvalue weighted by Gasteiger charge is -2.33. The third kappa shape index (κ3) is 29.9. The van der Waals surface area contributed by atoms with Crippen LogP contribution < -0.4 is 48.8 Å². The van der Waals surface area contributed by atoms with E-state index in [1.54, 1.807) is 24.1 Å². The van der Waals surface area contributed by atoms with Crippen molar-refractivity contribution in [2.75, 3.05) is 66.0 Å². The normalized spacial score (nSPS) is 30.0. The summed E-state index contributed by atoms with van der Waals surface area (Å²) in [5.41, 5.74) is 8.14. The maximum Gasteiger partial charge on any atom is 0.416 e. The zero-order valence-corrected chi connectivity index (χ0v) is 69.8. The van der Waals surface area contributed by atoms with E-state index >= 15 is 0 Å². The molecule has 9 aliphatic heterocycles. The minimum absolute atomic E-state index is 0.113. The van der Waals surface area contributed by atoms with Gasteiger partial charge >= 0.3 is 6.18 Å². The molecule has 0 spiro atoms.